The minimum atomic E-state index is -4.46. The third-order valence-electron chi connectivity index (χ3n) is 3.24. The first-order valence-electron chi connectivity index (χ1n) is 6.51. The highest BCUT2D eigenvalue weighted by molar-refractivity contribution is 5.97. The normalized spacial score (nSPS) is 20.3. The predicted molar refractivity (Wildman–Crippen MR) is 68.3 cm³/mol. The zero-order valence-corrected chi connectivity index (χ0v) is 11.1. The molecule has 0 spiro atoms. The molecule has 1 fully saturated rings. The fraction of sp³-hybridized carbons (Fsp3) is 0.538. The second-order valence-corrected chi connectivity index (χ2v) is 4.64. The molecule has 0 aliphatic carbocycles. The molecule has 20 heavy (non-hydrogen) atoms. The number of anilines is 1. The highest BCUT2D eigenvalue weighted by Crippen LogP contribution is 2.29. The van der Waals surface area contributed by atoms with E-state index in [0.29, 0.717) is 18.8 Å². The number of aromatic nitrogens is 1. The molecule has 2 heterocycles. The molecule has 1 aromatic heterocycles. The van der Waals surface area contributed by atoms with Crippen LogP contribution in [0.3, 0.4) is 0 Å². The molecule has 4 nitrogen and oxygen atoms in total. The molecule has 0 saturated carbocycles. The van der Waals surface area contributed by atoms with Crippen LogP contribution >= 0.6 is 0 Å². The van der Waals surface area contributed by atoms with Crippen molar-refractivity contribution >= 4 is 11.6 Å². The van der Waals surface area contributed by atoms with Crippen LogP contribution in [-0.2, 0) is 11.0 Å². The van der Waals surface area contributed by atoms with Gasteiger partial charge < -0.3 is 10.2 Å². The van der Waals surface area contributed by atoms with Gasteiger partial charge in [-0.1, -0.05) is 6.92 Å². The number of nitrogens with zero attached hydrogens (tertiary/aromatic N) is 2. The summed E-state index contributed by atoms with van der Waals surface area (Å²) in [7, 11) is 0. The summed E-state index contributed by atoms with van der Waals surface area (Å²) in [6.45, 7) is 3.09. The summed E-state index contributed by atoms with van der Waals surface area (Å²) in [5, 5.41) is 3.08. The quantitative estimate of drug-likeness (QED) is 0.927. The van der Waals surface area contributed by atoms with Crippen LogP contribution in [0, 0.1) is 0 Å². The number of rotatable bonds is 3. The molecule has 1 saturated heterocycles. The van der Waals surface area contributed by atoms with E-state index >= 15 is 0 Å². The van der Waals surface area contributed by atoms with Crippen LogP contribution in [-0.4, -0.2) is 30.0 Å². The third-order valence-corrected chi connectivity index (χ3v) is 3.24. The van der Waals surface area contributed by atoms with Crippen molar-refractivity contribution in [3.63, 3.8) is 0 Å². The van der Waals surface area contributed by atoms with Crippen molar-refractivity contribution in [2.75, 3.05) is 18.0 Å². The second-order valence-electron chi connectivity index (χ2n) is 4.64. The number of hydrogen-bond acceptors (Lipinski definition) is 3. The number of likely N-dealkylation sites (N-methyl/N-ethyl adjacent to an activating group) is 1. The topological polar surface area (TPSA) is 45.2 Å². The van der Waals surface area contributed by atoms with Gasteiger partial charge in [-0.3, -0.25) is 4.79 Å². The van der Waals surface area contributed by atoms with Gasteiger partial charge in [-0.2, -0.15) is 13.2 Å². The van der Waals surface area contributed by atoms with Crippen molar-refractivity contribution < 1.29 is 18.0 Å². The van der Waals surface area contributed by atoms with Gasteiger partial charge in [-0.25, -0.2) is 4.98 Å². The molecule has 1 amide bonds. The minimum Gasteiger partial charge on any atom is -0.310 e. The van der Waals surface area contributed by atoms with Gasteiger partial charge in [0.1, 0.15) is 5.69 Å². The molecular weight excluding hydrogens is 271 g/mol. The van der Waals surface area contributed by atoms with Gasteiger partial charge in [-0.15, -0.1) is 0 Å². The van der Waals surface area contributed by atoms with Crippen LogP contribution < -0.4 is 10.2 Å². The van der Waals surface area contributed by atoms with E-state index in [2.05, 4.69) is 10.3 Å². The molecule has 1 atom stereocenters. The SMILES string of the molecule is CCNC1CCCN(c2ccc(C(F)(F)F)nc2)C1=O. The fourth-order valence-corrected chi connectivity index (χ4v) is 2.28. The standard InChI is InChI=1S/C13H16F3N3O/c1-2-17-10-4-3-7-19(12(10)20)9-5-6-11(18-8-9)13(14,15)16/h5-6,8,10,17H,2-4,7H2,1H3. The maximum absolute atomic E-state index is 12.4. The Morgan fingerprint density at radius 1 is 1.45 bits per heavy atom. The van der Waals surface area contributed by atoms with E-state index in [1.54, 1.807) is 0 Å². The lowest BCUT2D eigenvalue weighted by Crippen LogP contribution is -2.50. The maximum Gasteiger partial charge on any atom is 0.433 e. The molecule has 1 aromatic rings. The molecule has 1 aliphatic heterocycles. The molecule has 1 unspecified atom stereocenters. The Morgan fingerprint density at radius 2 is 2.20 bits per heavy atom. The number of carbonyl (C=O) groups excluding carboxylic acids is 1. The van der Waals surface area contributed by atoms with Crippen LogP contribution in [0.4, 0.5) is 18.9 Å². The van der Waals surface area contributed by atoms with Crippen LogP contribution in [0.25, 0.3) is 0 Å². The van der Waals surface area contributed by atoms with Crippen molar-refractivity contribution in [3.05, 3.63) is 24.0 Å². The number of hydrogen-bond donors (Lipinski definition) is 1. The first-order valence-corrected chi connectivity index (χ1v) is 6.51. The Bertz CT molecular complexity index is 471. The lowest BCUT2D eigenvalue weighted by molar-refractivity contribution is -0.141. The smallest absolute Gasteiger partial charge is 0.310 e. The second kappa shape index (κ2) is 5.78. The first kappa shape index (κ1) is 14.8. The predicted octanol–water partition coefficient (Wildman–Crippen LogP) is 2.21. The van der Waals surface area contributed by atoms with Crippen LogP contribution in [0.15, 0.2) is 18.3 Å². The van der Waals surface area contributed by atoms with Gasteiger partial charge in [-0.05, 0) is 31.5 Å². The van der Waals surface area contributed by atoms with Crippen LogP contribution in [0.2, 0.25) is 0 Å². The number of carbonyl (C=O) groups is 1. The molecule has 0 radical (unpaired) electrons. The zero-order chi connectivity index (χ0) is 14.8. The Hall–Kier alpha value is -1.63. The zero-order valence-electron chi connectivity index (χ0n) is 11.1. The number of pyridine rings is 1. The van der Waals surface area contributed by atoms with Gasteiger partial charge in [0, 0.05) is 6.54 Å². The van der Waals surface area contributed by atoms with Crippen molar-refractivity contribution in [1.82, 2.24) is 10.3 Å². The minimum absolute atomic E-state index is 0.111. The maximum atomic E-state index is 12.4. The summed E-state index contributed by atoms with van der Waals surface area (Å²) >= 11 is 0. The summed E-state index contributed by atoms with van der Waals surface area (Å²) in [6.07, 6.45) is -1.80. The average Bonchev–Trinajstić information content (AvgIpc) is 2.41. The van der Waals surface area contributed by atoms with E-state index in [0.717, 1.165) is 25.1 Å². The van der Waals surface area contributed by atoms with Gasteiger partial charge in [0.25, 0.3) is 0 Å². The van der Waals surface area contributed by atoms with Crippen molar-refractivity contribution in [2.24, 2.45) is 0 Å². The Morgan fingerprint density at radius 3 is 2.75 bits per heavy atom. The van der Waals surface area contributed by atoms with Gasteiger partial charge >= 0.3 is 6.18 Å². The Balaban J connectivity index is 2.16. The van der Waals surface area contributed by atoms with E-state index in [-0.39, 0.29) is 11.9 Å². The third kappa shape index (κ3) is 3.09. The van der Waals surface area contributed by atoms with Crippen molar-refractivity contribution in [2.45, 2.75) is 32.0 Å². The molecule has 2 rings (SSSR count). The average molecular weight is 287 g/mol. The number of nitrogens with one attached hydrogen (secondary N) is 1. The molecule has 0 aromatic carbocycles. The summed E-state index contributed by atoms with van der Waals surface area (Å²) in [6, 6.07) is 1.93. The molecule has 7 heteroatoms. The van der Waals surface area contributed by atoms with E-state index in [4.69, 9.17) is 0 Å². The summed E-state index contributed by atoms with van der Waals surface area (Å²) in [4.78, 5) is 17.1. The molecule has 1 N–H and O–H groups in total. The molecule has 1 aliphatic rings. The van der Waals surface area contributed by atoms with Crippen molar-refractivity contribution in [3.8, 4) is 0 Å². The highest BCUT2D eigenvalue weighted by Gasteiger charge is 2.33. The Kier molecular flexibility index (Phi) is 4.27. The van der Waals surface area contributed by atoms with Crippen LogP contribution in [0.5, 0.6) is 0 Å². The lowest BCUT2D eigenvalue weighted by Gasteiger charge is -2.32. The number of halogens is 3. The first-order chi connectivity index (χ1) is 9.43. The lowest BCUT2D eigenvalue weighted by atomic mass is 10.0. The summed E-state index contributed by atoms with van der Waals surface area (Å²) in [5.74, 6) is -0.111. The largest absolute Gasteiger partial charge is 0.433 e. The highest BCUT2D eigenvalue weighted by atomic mass is 19.4. The van der Waals surface area contributed by atoms with Gasteiger partial charge in [0.05, 0.1) is 17.9 Å². The van der Waals surface area contributed by atoms with E-state index in [1.807, 2.05) is 6.92 Å². The van der Waals surface area contributed by atoms with E-state index in [1.165, 1.54) is 11.0 Å². The van der Waals surface area contributed by atoms with E-state index in [9.17, 15) is 18.0 Å². The van der Waals surface area contributed by atoms with Gasteiger partial charge in [0.2, 0.25) is 5.91 Å². The van der Waals surface area contributed by atoms with Crippen molar-refractivity contribution in [1.29, 1.82) is 0 Å². The van der Waals surface area contributed by atoms with Gasteiger partial charge in [0.15, 0.2) is 0 Å². The molecular formula is C13H16F3N3O. The fourth-order valence-electron chi connectivity index (χ4n) is 2.28. The van der Waals surface area contributed by atoms with Crippen LogP contribution in [0.1, 0.15) is 25.5 Å². The molecule has 0 bridgehead atoms. The van der Waals surface area contributed by atoms with E-state index < -0.39 is 11.9 Å². The number of piperidine rings is 1. The molecule has 110 valence electrons. The number of amides is 1. The summed E-state index contributed by atoms with van der Waals surface area (Å²) in [5.41, 5.74) is -0.542. The monoisotopic (exact) mass is 287 g/mol. The number of alkyl halides is 3. The summed E-state index contributed by atoms with van der Waals surface area (Å²) < 4.78 is 37.3. The Labute approximate surface area is 115 Å².